The van der Waals surface area contributed by atoms with E-state index in [2.05, 4.69) is 4.98 Å². The van der Waals surface area contributed by atoms with Crippen LogP contribution in [0.3, 0.4) is 0 Å². The predicted octanol–water partition coefficient (Wildman–Crippen LogP) is 0.272. The molecule has 15 heavy (non-hydrogen) atoms. The van der Waals surface area contributed by atoms with Gasteiger partial charge >= 0.3 is 5.69 Å². The van der Waals surface area contributed by atoms with Gasteiger partial charge in [0.05, 0.1) is 0 Å². The van der Waals surface area contributed by atoms with Crippen LogP contribution in [-0.4, -0.2) is 34.5 Å². The van der Waals surface area contributed by atoms with E-state index >= 15 is 0 Å². The Labute approximate surface area is 88.7 Å². The molecule has 5 heteroatoms. The lowest BCUT2D eigenvalue weighted by molar-refractivity contribution is -0.128. The third-order valence-corrected chi connectivity index (χ3v) is 2.54. The molecule has 1 heterocycles. The Kier molecular flexibility index (Phi) is 3.34. The number of imidazole rings is 1. The van der Waals surface area contributed by atoms with Gasteiger partial charge in [0, 0.05) is 38.4 Å². The lowest BCUT2D eigenvalue weighted by atomic mass is 10.3. The number of amides is 1. The molecule has 1 aromatic heterocycles. The minimum Gasteiger partial charge on any atom is -0.349 e. The zero-order valence-electron chi connectivity index (χ0n) is 9.63. The fourth-order valence-corrected chi connectivity index (χ4v) is 1.37. The van der Waals surface area contributed by atoms with E-state index in [0.29, 0.717) is 13.0 Å². The number of nitrogens with zero attached hydrogens (tertiary/aromatic N) is 2. The van der Waals surface area contributed by atoms with Crippen LogP contribution in [0.25, 0.3) is 0 Å². The summed E-state index contributed by atoms with van der Waals surface area (Å²) in [7, 11) is 3.42. The van der Waals surface area contributed by atoms with Crippen LogP contribution < -0.4 is 5.69 Å². The van der Waals surface area contributed by atoms with Crippen LogP contribution in [0.15, 0.2) is 4.79 Å². The number of hydrogen-bond acceptors (Lipinski definition) is 2. The SMILES string of the molecule is Cc1[nH]c(=O)n(CCC(=O)N(C)C)c1C. The quantitative estimate of drug-likeness (QED) is 0.780. The Morgan fingerprint density at radius 1 is 1.40 bits per heavy atom. The Hall–Kier alpha value is -1.52. The highest BCUT2D eigenvalue weighted by Gasteiger charge is 2.09. The second-order valence-electron chi connectivity index (χ2n) is 3.83. The van der Waals surface area contributed by atoms with Crippen molar-refractivity contribution in [1.29, 1.82) is 0 Å². The van der Waals surface area contributed by atoms with E-state index in [4.69, 9.17) is 0 Å². The Morgan fingerprint density at radius 2 is 2.00 bits per heavy atom. The topological polar surface area (TPSA) is 58.1 Å². The van der Waals surface area contributed by atoms with E-state index in [1.165, 1.54) is 4.90 Å². The van der Waals surface area contributed by atoms with Gasteiger partial charge < -0.3 is 9.88 Å². The number of aromatic amines is 1. The molecule has 0 unspecified atom stereocenters. The van der Waals surface area contributed by atoms with Gasteiger partial charge in [-0.15, -0.1) is 0 Å². The first kappa shape index (κ1) is 11.6. The van der Waals surface area contributed by atoms with E-state index in [9.17, 15) is 9.59 Å². The third kappa shape index (κ3) is 2.49. The van der Waals surface area contributed by atoms with Crippen molar-refractivity contribution < 1.29 is 4.79 Å². The molecule has 1 rings (SSSR count). The van der Waals surface area contributed by atoms with Crippen molar-refractivity contribution in [3.8, 4) is 0 Å². The number of carbonyl (C=O) groups excluding carboxylic acids is 1. The van der Waals surface area contributed by atoms with Crippen LogP contribution in [-0.2, 0) is 11.3 Å². The summed E-state index contributed by atoms with van der Waals surface area (Å²) in [4.78, 5) is 27.0. The third-order valence-electron chi connectivity index (χ3n) is 2.54. The Balaban J connectivity index is 2.74. The molecule has 1 aromatic rings. The summed E-state index contributed by atoms with van der Waals surface area (Å²) in [5.41, 5.74) is 1.61. The van der Waals surface area contributed by atoms with Crippen molar-refractivity contribution in [2.24, 2.45) is 0 Å². The number of carbonyl (C=O) groups is 1. The molecule has 0 fully saturated rings. The smallest absolute Gasteiger partial charge is 0.325 e. The molecule has 5 nitrogen and oxygen atoms in total. The fourth-order valence-electron chi connectivity index (χ4n) is 1.37. The first-order valence-electron chi connectivity index (χ1n) is 4.89. The number of nitrogens with one attached hydrogen (secondary N) is 1. The summed E-state index contributed by atoms with van der Waals surface area (Å²) >= 11 is 0. The van der Waals surface area contributed by atoms with Crippen molar-refractivity contribution in [3.63, 3.8) is 0 Å². The van der Waals surface area contributed by atoms with Crippen molar-refractivity contribution in [2.45, 2.75) is 26.8 Å². The van der Waals surface area contributed by atoms with Gasteiger partial charge in [-0.25, -0.2) is 4.79 Å². The lowest BCUT2D eigenvalue weighted by Crippen LogP contribution is -2.26. The molecule has 0 radical (unpaired) electrons. The van der Waals surface area contributed by atoms with Crippen LogP contribution >= 0.6 is 0 Å². The molecule has 0 bridgehead atoms. The monoisotopic (exact) mass is 211 g/mol. The lowest BCUT2D eigenvalue weighted by Gasteiger charge is -2.10. The summed E-state index contributed by atoms with van der Waals surface area (Å²) in [6, 6.07) is 0. The molecular formula is C10H17N3O2. The van der Waals surface area contributed by atoms with Crippen LogP contribution in [0.4, 0.5) is 0 Å². The highest BCUT2D eigenvalue weighted by molar-refractivity contribution is 5.75. The summed E-state index contributed by atoms with van der Waals surface area (Å²) < 4.78 is 1.59. The van der Waals surface area contributed by atoms with E-state index in [1.54, 1.807) is 18.7 Å². The zero-order chi connectivity index (χ0) is 11.6. The van der Waals surface area contributed by atoms with Crippen LogP contribution in [0.5, 0.6) is 0 Å². The predicted molar refractivity (Wildman–Crippen MR) is 57.8 cm³/mol. The largest absolute Gasteiger partial charge is 0.349 e. The summed E-state index contributed by atoms with van der Waals surface area (Å²) in [5, 5.41) is 0. The first-order valence-corrected chi connectivity index (χ1v) is 4.89. The van der Waals surface area contributed by atoms with E-state index in [-0.39, 0.29) is 11.6 Å². The normalized spacial score (nSPS) is 10.4. The molecule has 0 aliphatic rings. The molecule has 0 aliphatic carbocycles. The van der Waals surface area contributed by atoms with E-state index in [0.717, 1.165) is 11.4 Å². The molecule has 0 saturated heterocycles. The number of H-pyrrole nitrogens is 1. The molecule has 1 amide bonds. The number of hydrogen-bond donors (Lipinski definition) is 1. The number of aryl methyl sites for hydroxylation is 1. The fraction of sp³-hybridized carbons (Fsp3) is 0.600. The zero-order valence-corrected chi connectivity index (χ0v) is 9.63. The van der Waals surface area contributed by atoms with Gasteiger partial charge in [-0.3, -0.25) is 9.36 Å². The maximum atomic E-state index is 11.4. The van der Waals surface area contributed by atoms with Crippen LogP contribution in [0, 0.1) is 13.8 Å². The summed E-state index contributed by atoms with van der Waals surface area (Å²) in [6.07, 6.45) is 0.352. The van der Waals surface area contributed by atoms with Crippen molar-refractivity contribution in [2.75, 3.05) is 14.1 Å². The van der Waals surface area contributed by atoms with Gasteiger partial charge in [-0.1, -0.05) is 0 Å². The van der Waals surface area contributed by atoms with Gasteiger partial charge in [0.15, 0.2) is 0 Å². The van der Waals surface area contributed by atoms with Crippen LogP contribution in [0.2, 0.25) is 0 Å². The molecule has 0 aliphatic heterocycles. The Bertz CT molecular complexity index is 415. The second kappa shape index (κ2) is 4.33. The van der Waals surface area contributed by atoms with Gasteiger partial charge in [0.1, 0.15) is 0 Å². The second-order valence-corrected chi connectivity index (χ2v) is 3.83. The van der Waals surface area contributed by atoms with Gasteiger partial charge in [-0.2, -0.15) is 0 Å². The maximum Gasteiger partial charge on any atom is 0.325 e. The molecule has 0 saturated carbocycles. The molecule has 1 N–H and O–H groups in total. The summed E-state index contributed by atoms with van der Waals surface area (Å²) in [6.45, 7) is 4.15. The van der Waals surface area contributed by atoms with E-state index < -0.39 is 0 Å². The average molecular weight is 211 g/mol. The number of aromatic nitrogens is 2. The van der Waals surface area contributed by atoms with Gasteiger partial charge in [0.2, 0.25) is 5.91 Å². The Morgan fingerprint density at radius 3 is 2.40 bits per heavy atom. The highest BCUT2D eigenvalue weighted by atomic mass is 16.2. The van der Waals surface area contributed by atoms with Crippen molar-refractivity contribution >= 4 is 5.91 Å². The molecule has 84 valence electrons. The molecule has 0 spiro atoms. The highest BCUT2D eigenvalue weighted by Crippen LogP contribution is 2.01. The minimum absolute atomic E-state index is 0.0279. The standard InChI is InChI=1S/C10H17N3O2/c1-7-8(2)13(10(15)11-7)6-5-9(14)12(3)4/h5-6H2,1-4H3,(H,11,15). The first-order chi connectivity index (χ1) is 6.93. The minimum atomic E-state index is -0.142. The molecular weight excluding hydrogens is 194 g/mol. The van der Waals surface area contributed by atoms with Gasteiger partial charge in [-0.05, 0) is 13.8 Å². The molecule has 0 atom stereocenters. The number of rotatable bonds is 3. The average Bonchev–Trinajstić information content (AvgIpc) is 2.38. The van der Waals surface area contributed by atoms with E-state index in [1.807, 2.05) is 13.8 Å². The van der Waals surface area contributed by atoms with Crippen LogP contribution in [0.1, 0.15) is 17.8 Å². The summed E-state index contributed by atoms with van der Waals surface area (Å²) in [5.74, 6) is 0.0279. The maximum absolute atomic E-state index is 11.4. The van der Waals surface area contributed by atoms with Crippen molar-refractivity contribution in [1.82, 2.24) is 14.5 Å². The molecule has 0 aromatic carbocycles. The van der Waals surface area contributed by atoms with Crippen molar-refractivity contribution in [3.05, 3.63) is 21.9 Å². The van der Waals surface area contributed by atoms with Gasteiger partial charge in [0.25, 0.3) is 0 Å².